The molecule has 0 bridgehead atoms. The fourth-order valence-corrected chi connectivity index (χ4v) is 1.78. The zero-order valence-corrected chi connectivity index (χ0v) is 10.5. The van der Waals surface area contributed by atoms with Crippen LogP contribution in [0, 0.1) is 10.1 Å². The summed E-state index contributed by atoms with van der Waals surface area (Å²) in [6.07, 6.45) is -1.31. The van der Waals surface area contributed by atoms with Crippen molar-refractivity contribution in [1.29, 1.82) is 0 Å². The van der Waals surface area contributed by atoms with Gasteiger partial charge in [0.25, 0.3) is 5.69 Å². The molecule has 0 radical (unpaired) electrons. The Labute approximate surface area is 109 Å². The van der Waals surface area contributed by atoms with Crippen molar-refractivity contribution in [3.8, 4) is 0 Å². The number of Topliss-reactive ketones (excluding diaryl/α,β-unsaturated/α-hetero) is 1. The van der Waals surface area contributed by atoms with Crippen LogP contribution in [-0.2, 0) is 4.79 Å². The van der Waals surface area contributed by atoms with Gasteiger partial charge < -0.3 is 5.11 Å². The van der Waals surface area contributed by atoms with Crippen molar-refractivity contribution in [1.82, 2.24) is 0 Å². The highest BCUT2D eigenvalue weighted by Gasteiger charge is 2.27. The second-order valence-corrected chi connectivity index (χ2v) is 4.04. The summed E-state index contributed by atoms with van der Waals surface area (Å²) < 4.78 is 0. The van der Waals surface area contributed by atoms with Gasteiger partial charge in [0.2, 0.25) is 0 Å². The molecule has 1 aromatic rings. The molecule has 0 fully saturated rings. The van der Waals surface area contributed by atoms with Gasteiger partial charge in [-0.15, -0.1) is 0 Å². The molecule has 1 atom stereocenters. The van der Waals surface area contributed by atoms with Crippen molar-refractivity contribution in [3.63, 3.8) is 0 Å². The number of aliphatic hydroxyl groups is 1. The van der Waals surface area contributed by atoms with Crippen LogP contribution in [0.3, 0.4) is 0 Å². The van der Waals surface area contributed by atoms with E-state index < -0.39 is 11.0 Å². The molecule has 1 unspecified atom stereocenters. The highest BCUT2D eigenvalue weighted by atomic mass is 35.5. The van der Waals surface area contributed by atoms with Crippen molar-refractivity contribution in [3.05, 3.63) is 51.1 Å². The molecular weight excluding hydrogens is 258 g/mol. The number of nitrogens with zero attached hydrogens (tertiary/aromatic N) is 1. The molecule has 96 valence electrons. The van der Waals surface area contributed by atoms with Gasteiger partial charge in [-0.25, -0.2) is 0 Å². The summed E-state index contributed by atoms with van der Waals surface area (Å²) >= 11 is 5.84. The molecule has 1 rings (SSSR count). The van der Waals surface area contributed by atoms with Crippen molar-refractivity contribution in [2.75, 3.05) is 0 Å². The van der Waals surface area contributed by atoms with Crippen LogP contribution < -0.4 is 0 Å². The summed E-state index contributed by atoms with van der Waals surface area (Å²) in [4.78, 5) is 21.6. The van der Waals surface area contributed by atoms with E-state index in [1.807, 2.05) is 0 Å². The van der Waals surface area contributed by atoms with Gasteiger partial charge in [-0.05, 0) is 6.07 Å². The fraction of sp³-hybridized carbons (Fsp3) is 0.250. The topological polar surface area (TPSA) is 80.4 Å². The Bertz CT molecular complexity index is 513. The third-order valence-electron chi connectivity index (χ3n) is 2.51. The van der Waals surface area contributed by atoms with E-state index in [1.54, 1.807) is 6.92 Å². The van der Waals surface area contributed by atoms with Gasteiger partial charge in [-0.1, -0.05) is 31.2 Å². The van der Waals surface area contributed by atoms with Crippen LogP contribution in [0.2, 0.25) is 5.02 Å². The van der Waals surface area contributed by atoms with E-state index in [9.17, 15) is 20.0 Å². The Morgan fingerprint density at radius 3 is 2.72 bits per heavy atom. The highest BCUT2D eigenvalue weighted by molar-refractivity contribution is 6.31. The summed E-state index contributed by atoms with van der Waals surface area (Å²) in [6, 6.07) is 4.03. The zero-order chi connectivity index (χ0) is 13.9. The minimum Gasteiger partial charge on any atom is -0.383 e. The standard InChI is InChI=1S/C12H12ClNO4/c1-3-10(15)7(2)12(16)11-8(13)5-4-6-9(11)14(17)18/h4-6,12,16H,2-3H2,1H3. The van der Waals surface area contributed by atoms with Crippen LogP contribution >= 0.6 is 11.6 Å². The van der Waals surface area contributed by atoms with Crippen LogP contribution in [0.1, 0.15) is 25.0 Å². The van der Waals surface area contributed by atoms with Gasteiger partial charge in [0.1, 0.15) is 6.10 Å². The highest BCUT2D eigenvalue weighted by Crippen LogP contribution is 2.35. The number of ketones is 1. The number of hydrogen-bond donors (Lipinski definition) is 1. The largest absolute Gasteiger partial charge is 0.383 e. The summed E-state index contributed by atoms with van der Waals surface area (Å²) in [5.74, 6) is -0.364. The van der Waals surface area contributed by atoms with Gasteiger partial charge in [-0.3, -0.25) is 14.9 Å². The van der Waals surface area contributed by atoms with Crippen LogP contribution in [0.15, 0.2) is 30.4 Å². The van der Waals surface area contributed by atoms with Gasteiger partial charge in [0.05, 0.1) is 15.5 Å². The van der Waals surface area contributed by atoms with Crippen molar-refractivity contribution in [2.24, 2.45) is 0 Å². The number of carbonyl (C=O) groups is 1. The molecule has 6 heteroatoms. The third-order valence-corrected chi connectivity index (χ3v) is 2.84. The maximum Gasteiger partial charge on any atom is 0.277 e. The second kappa shape index (κ2) is 5.75. The third kappa shape index (κ3) is 2.75. The molecule has 0 spiro atoms. The Balaban J connectivity index is 3.28. The van der Waals surface area contributed by atoms with Crippen molar-refractivity contribution in [2.45, 2.75) is 19.4 Å². The second-order valence-electron chi connectivity index (χ2n) is 3.63. The van der Waals surface area contributed by atoms with Gasteiger partial charge in [-0.2, -0.15) is 0 Å². The molecule has 18 heavy (non-hydrogen) atoms. The SMILES string of the molecule is C=C(C(=O)CC)C(O)c1c(Cl)cccc1[N+](=O)[O-]. The molecule has 0 aromatic heterocycles. The van der Waals surface area contributed by atoms with Gasteiger partial charge >= 0.3 is 0 Å². The number of nitro benzene ring substituents is 1. The predicted molar refractivity (Wildman–Crippen MR) is 67.5 cm³/mol. The first-order chi connectivity index (χ1) is 8.40. The molecule has 0 aliphatic carbocycles. The molecule has 1 N–H and O–H groups in total. The molecule has 0 saturated heterocycles. The smallest absolute Gasteiger partial charge is 0.277 e. The molecule has 5 nitrogen and oxygen atoms in total. The number of rotatable bonds is 5. The zero-order valence-electron chi connectivity index (χ0n) is 9.72. The summed E-state index contributed by atoms with van der Waals surface area (Å²) in [6.45, 7) is 5.07. The van der Waals surface area contributed by atoms with E-state index >= 15 is 0 Å². The lowest BCUT2D eigenvalue weighted by atomic mass is 9.97. The average Bonchev–Trinajstić information content (AvgIpc) is 2.35. The van der Waals surface area contributed by atoms with Gasteiger partial charge in [0.15, 0.2) is 5.78 Å². The first-order valence-corrected chi connectivity index (χ1v) is 5.60. The Morgan fingerprint density at radius 1 is 1.61 bits per heavy atom. The normalized spacial score (nSPS) is 11.9. The first kappa shape index (κ1) is 14.3. The average molecular weight is 270 g/mol. The number of benzene rings is 1. The first-order valence-electron chi connectivity index (χ1n) is 5.23. The summed E-state index contributed by atoms with van der Waals surface area (Å²) in [5, 5.41) is 20.9. The summed E-state index contributed by atoms with van der Waals surface area (Å²) in [5.41, 5.74) is -0.537. The van der Waals surface area contributed by atoms with E-state index in [0.717, 1.165) is 0 Å². The number of halogens is 1. The lowest BCUT2D eigenvalue weighted by molar-refractivity contribution is -0.386. The van der Waals surface area contributed by atoms with E-state index in [1.165, 1.54) is 18.2 Å². The molecule has 1 aromatic carbocycles. The van der Waals surface area contributed by atoms with Crippen LogP contribution in [0.25, 0.3) is 0 Å². The Morgan fingerprint density at radius 2 is 2.22 bits per heavy atom. The van der Waals surface area contributed by atoms with Crippen LogP contribution in [0.4, 0.5) is 5.69 Å². The van der Waals surface area contributed by atoms with E-state index in [0.29, 0.717) is 0 Å². The van der Waals surface area contributed by atoms with E-state index in [-0.39, 0.29) is 34.1 Å². The number of carbonyl (C=O) groups excluding carboxylic acids is 1. The Hall–Kier alpha value is -1.72. The molecule has 0 aliphatic rings. The van der Waals surface area contributed by atoms with Crippen LogP contribution in [0.5, 0.6) is 0 Å². The maximum atomic E-state index is 11.4. The van der Waals surface area contributed by atoms with E-state index in [4.69, 9.17) is 11.6 Å². The van der Waals surface area contributed by atoms with E-state index in [2.05, 4.69) is 6.58 Å². The fourth-order valence-electron chi connectivity index (χ4n) is 1.51. The van der Waals surface area contributed by atoms with Crippen molar-refractivity contribution >= 4 is 23.1 Å². The van der Waals surface area contributed by atoms with Crippen LogP contribution in [-0.4, -0.2) is 15.8 Å². The number of nitro groups is 1. The lowest BCUT2D eigenvalue weighted by Gasteiger charge is -2.14. The minimum atomic E-state index is -1.47. The molecular formula is C12H12ClNO4. The Kier molecular flexibility index (Phi) is 4.58. The summed E-state index contributed by atoms with van der Waals surface area (Å²) in [7, 11) is 0. The molecule has 0 saturated carbocycles. The van der Waals surface area contributed by atoms with Gasteiger partial charge in [0, 0.05) is 18.1 Å². The monoisotopic (exact) mass is 269 g/mol. The molecule has 0 aliphatic heterocycles. The maximum absolute atomic E-state index is 11.4. The van der Waals surface area contributed by atoms with Crippen molar-refractivity contribution < 1.29 is 14.8 Å². The lowest BCUT2D eigenvalue weighted by Crippen LogP contribution is -2.11. The predicted octanol–water partition coefficient (Wildman–Crippen LogP) is 2.82. The molecule has 0 heterocycles. The molecule has 0 amide bonds. The quantitative estimate of drug-likeness (QED) is 0.506. The minimum absolute atomic E-state index is 0.0294. The number of hydrogen-bond acceptors (Lipinski definition) is 4. The number of aliphatic hydroxyl groups excluding tert-OH is 1.